The number of anilines is 1. The van der Waals surface area contributed by atoms with Crippen molar-refractivity contribution in [2.24, 2.45) is 0 Å². The van der Waals surface area contributed by atoms with Gasteiger partial charge < -0.3 is 20.1 Å². The van der Waals surface area contributed by atoms with E-state index in [0.29, 0.717) is 31.3 Å². The molecule has 21 heavy (non-hydrogen) atoms. The van der Waals surface area contributed by atoms with Crippen LogP contribution in [-0.4, -0.2) is 55.1 Å². The number of carbonyl (C=O) groups is 1. The van der Waals surface area contributed by atoms with Gasteiger partial charge in [0.05, 0.1) is 6.61 Å². The quantitative estimate of drug-likeness (QED) is 0.775. The number of hydrogen-bond donors (Lipinski definition) is 2. The molecule has 0 spiro atoms. The Hall–Kier alpha value is -1.73. The van der Waals surface area contributed by atoms with E-state index in [1.807, 2.05) is 0 Å². The van der Waals surface area contributed by atoms with Gasteiger partial charge in [-0.3, -0.25) is 4.79 Å². The topological polar surface area (TPSA) is 85.4 Å². The Morgan fingerprint density at radius 2 is 2.33 bits per heavy atom. The molecule has 1 aliphatic heterocycles. The Balaban J connectivity index is 1.88. The third-order valence-electron chi connectivity index (χ3n) is 3.52. The molecule has 7 heteroatoms. The molecule has 0 aliphatic carbocycles. The fourth-order valence-electron chi connectivity index (χ4n) is 2.09. The molecule has 1 saturated heterocycles. The van der Waals surface area contributed by atoms with E-state index in [-0.39, 0.29) is 5.91 Å². The Bertz CT molecular complexity index is 458. The lowest BCUT2D eigenvalue weighted by molar-refractivity contribution is -0.0149. The van der Waals surface area contributed by atoms with Crippen LogP contribution < -0.4 is 10.6 Å². The standard InChI is InChI=1S/C14H22N4O3/c1-3-7-15-12-5-4-11(17-18-12)13(19)16-9-14(20-2)6-8-21-10-14/h4-5H,3,6-10H2,1-2H3,(H,15,18)(H,16,19). The van der Waals surface area contributed by atoms with Gasteiger partial charge in [-0.05, 0) is 18.6 Å². The Labute approximate surface area is 124 Å². The number of methoxy groups -OCH3 is 1. The zero-order valence-electron chi connectivity index (χ0n) is 12.5. The van der Waals surface area contributed by atoms with Crippen LogP contribution in [0.2, 0.25) is 0 Å². The summed E-state index contributed by atoms with van der Waals surface area (Å²) in [6.45, 7) is 4.45. The smallest absolute Gasteiger partial charge is 0.271 e. The lowest BCUT2D eigenvalue weighted by atomic mass is 10.0. The van der Waals surface area contributed by atoms with E-state index in [4.69, 9.17) is 9.47 Å². The number of carbonyl (C=O) groups excluding carboxylic acids is 1. The maximum absolute atomic E-state index is 12.1. The molecule has 2 rings (SSSR count). The third-order valence-corrected chi connectivity index (χ3v) is 3.52. The molecule has 7 nitrogen and oxygen atoms in total. The summed E-state index contributed by atoms with van der Waals surface area (Å²) in [4.78, 5) is 12.1. The third kappa shape index (κ3) is 4.12. The normalized spacial score (nSPS) is 21.2. The Kier molecular flexibility index (Phi) is 5.46. The number of nitrogens with zero attached hydrogens (tertiary/aromatic N) is 2. The van der Waals surface area contributed by atoms with Gasteiger partial charge in [0.1, 0.15) is 11.4 Å². The minimum atomic E-state index is -0.425. The highest BCUT2D eigenvalue weighted by molar-refractivity contribution is 5.92. The lowest BCUT2D eigenvalue weighted by Crippen LogP contribution is -2.45. The predicted octanol–water partition coefficient (Wildman–Crippen LogP) is 0.834. The van der Waals surface area contributed by atoms with Gasteiger partial charge in [-0.2, -0.15) is 0 Å². The fourth-order valence-corrected chi connectivity index (χ4v) is 2.09. The summed E-state index contributed by atoms with van der Waals surface area (Å²) in [5.41, 5.74) is -0.131. The number of amides is 1. The van der Waals surface area contributed by atoms with Crippen molar-refractivity contribution in [1.29, 1.82) is 0 Å². The van der Waals surface area contributed by atoms with Crippen LogP contribution in [0.5, 0.6) is 0 Å². The van der Waals surface area contributed by atoms with Crippen molar-refractivity contribution >= 4 is 11.7 Å². The largest absolute Gasteiger partial charge is 0.378 e. The van der Waals surface area contributed by atoms with E-state index in [2.05, 4.69) is 27.8 Å². The number of aromatic nitrogens is 2. The summed E-state index contributed by atoms with van der Waals surface area (Å²) in [5, 5.41) is 13.8. The van der Waals surface area contributed by atoms with Gasteiger partial charge >= 0.3 is 0 Å². The first kappa shape index (κ1) is 15.7. The summed E-state index contributed by atoms with van der Waals surface area (Å²) in [5.74, 6) is 0.416. The van der Waals surface area contributed by atoms with E-state index in [1.165, 1.54) is 0 Å². The summed E-state index contributed by atoms with van der Waals surface area (Å²) in [7, 11) is 1.63. The number of ether oxygens (including phenoxy) is 2. The average Bonchev–Trinajstić information content (AvgIpc) is 3.00. The number of rotatable bonds is 7. The molecule has 0 aromatic carbocycles. The van der Waals surface area contributed by atoms with Crippen molar-refractivity contribution in [1.82, 2.24) is 15.5 Å². The predicted molar refractivity (Wildman–Crippen MR) is 78.3 cm³/mol. The van der Waals surface area contributed by atoms with Crippen LogP contribution in [-0.2, 0) is 9.47 Å². The van der Waals surface area contributed by atoms with Crippen molar-refractivity contribution in [3.63, 3.8) is 0 Å². The first-order chi connectivity index (χ1) is 10.2. The molecule has 1 aromatic heterocycles. The lowest BCUT2D eigenvalue weighted by Gasteiger charge is -2.25. The van der Waals surface area contributed by atoms with Gasteiger partial charge in [-0.15, -0.1) is 10.2 Å². The zero-order valence-corrected chi connectivity index (χ0v) is 12.5. The molecule has 0 radical (unpaired) electrons. The summed E-state index contributed by atoms with van der Waals surface area (Å²) < 4.78 is 10.8. The van der Waals surface area contributed by atoms with Crippen LogP contribution in [0.4, 0.5) is 5.82 Å². The monoisotopic (exact) mass is 294 g/mol. The fraction of sp³-hybridized carbons (Fsp3) is 0.643. The molecule has 2 heterocycles. The second-order valence-electron chi connectivity index (χ2n) is 5.10. The van der Waals surface area contributed by atoms with Gasteiger partial charge in [0.15, 0.2) is 5.69 Å². The van der Waals surface area contributed by atoms with E-state index in [9.17, 15) is 4.79 Å². The molecular weight excluding hydrogens is 272 g/mol. The molecule has 0 bridgehead atoms. The SMILES string of the molecule is CCCNc1ccc(C(=O)NCC2(OC)CCOC2)nn1. The Morgan fingerprint density at radius 3 is 2.90 bits per heavy atom. The maximum Gasteiger partial charge on any atom is 0.271 e. The minimum Gasteiger partial charge on any atom is -0.378 e. The first-order valence-electron chi connectivity index (χ1n) is 7.18. The van der Waals surface area contributed by atoms with E-state index in [1.54, 1.807) is 19.2 Å². The molecule has 1 amide bonds. The highest BCUT2D eigenvalue weighted by Crippen LogP contribution is 2.21. The number of hydrogen-bond acceptors (Lipinski definition) is 6. The maximum atomic E-state index is 12.1. The summed E-state index contributed by atoms with van der Waals surface area (Å²) >= 11 is 0. The van der Waals surface area contributed by atoms with E-state index < -0.39 is 5.60 Å². The van der Waals surface area contributed by atoms with Crippen LogP contribution in [0.3, 0.4) is 0 Å². The van der Waals surface area contributed by atoms with Crippen molar-refractivity contribution in [3.8, 4) is 0 Å². The van der Waals surface area contributed by atoms with Gasteiger partial charge in [0.2, 0.25) is 0 Å². The molecule has 116 valence electrons. The molecule has 1 fully saturated rings. The Morgan fingerprint density at radius 1 is 1.48 bits per heavy atom. The van der Waals surface area contributed by atoms with Crippen LogP contribution in [0, 0.1) is 0 Å². The van der Waals surface area contributed by atoms with Crippen molar-refractivity contribution in [2.75, 3.05) is 38.7 Å². The van der Waals surface area contributed by atoms with Gasteiger partial charge in [-0.1, -0.05) is 6.92 Å². The second-order valence-corrected chi connectivity index (χ2v) is 5.10. The van der Waals surface area contributed by atoms with Crippen molar-refractivity contribution in [3.05, 3.63) is 17.8 Å². The number of nitrogens with one attached hydrogen (secondary N) is 2. The van der Waals surface area contributed by atoms with E-state index >= 15 is 0 Å². The first-order valence-corrected chi connectivity index (χ1v) is 7.18. The minimum absolute atomic E-state index is 0.257. The van der Waals surface area contributed by atoms with Crippen molar-refractivity contribution in [2.45, 2.75) is 25.4 Å². The van der Waals surface area contributed by atoms with Crippen LogP contribution >= 0.6 is 0 Å². The molecule has 0 saturated carbocycles. The highest BCUT2D eigenvalue weighted by Gasteiger charge is 2.35. The molecule has 2 N–H and O–H groups in total. The summed E-state index contributed by atoms with van der Waals surface area (Å²) in [6, 6.07) is 3.41. The second kappa shape index (κ2) is 7.33. The van der Waals surface area contributed by atoms with Gasteiger partial charge in [0, 0.05) is 33.2 Å². The van der Waals surface area contributed by atoms with Crippen LogP contribution in [0.1, 0.15) is 30.3 Å². The molecule has 1 atom stereocenters. The van der Waals surface area contributed by atoms with E-state index in [0.717, 1.165) is 19.4 Å². The zero-order chi connectivity index (χ0) is 15.1. The molecule has 1 aliphatic rings. The highest BCUT2D eigenvalue weighted by atomic mass is 16.5. The molecule has 1 unspecified atom stereocenters. The van der Waals surface area contributed by atoms with Crippen LogP contribution in [0.15, 0.2) is 12.1 Å². The van der Waals surface area contributed by atoms with Crippen molar-refractivity contribution < 1.29 is 14.3 Å². The van der Waals surface area contributed by atoms with Gasteiger partial charge in [-0.25, -0.2) is 0 Å². The van der Waals surface area contributed by atoms with Crippen LogP contribution in [0.25, 0.3) is 0 Å². The molecule has 1 aromatic rings. The van der Waals surface area contributed by atoms with Gasteiger partial charge in [0.25, 0.3) is 5.91 Å². The summed E-state index contributed by atoms with van der Waals surface area (Å²) in [6.07, 6.45) is 1.78. The molecular formula is C14H22N4O3. The average molecular weight is 294 g/mol.